The summed E-state index contributed by atoms with van der Waals surface area (Å²) < 4.78 is 16.3. The summed E-state index contributed by atoms with van der Waals surface area (Å²) >= 11 is 0. The Bertz CT molecular complexity index is 1110. The molecular weight excluding hydrogens is 444 g/mol. The number of furan rings is 1. The van der Waals surface area contributed by atoms with E-state index in [1.54, 1.807) is 43.4 Å². The van der Waals surface area contributed by atoms with E-state index < -0.39 is 6.04 Å². The number of nitrogens with one attached hydrogen (secondary N) is 1. The van der Waals surface area contributed by atoms with Gasteiger partial charge in [0.2, 0.25) is 5.91 Å². The zero-order valence-corrected chi connectivity index (χ0v) is 20.2. The summed E-state index contributed by atoms with van der Waals surface area (Å²) in [5.41, 5.74) is 1.72. The third-order valence-corrected chi connectivity index (χ3v) is 6.46. The van der Waals surface area contributed by atoms with Gasteiger partial charge < -0.3 is 24.1 Å². The third-order valence-electron chi connectivity index (χ3n) is 6.46. The van der Waals surface area contributed by atoms with E-state index in [0.29, 0.717) is 30.0 Å². The molecule has 7 heteroatoms. The van der Waals surface area contributed by atoms with E-state index in [4.69, 9.17) is 13.9 Å². The number of ether oxygens (including phenoxy) is 2. The SMILES string of the molecule is COc1ccc(C(C(=O)NC2CCCC2)N(CCc2ccccc2)C(=O)c2ccco2)cc1OC. The molecule has 1 atom stereocenters. The Kier molecular flexibility index (Phi) is 8.08. The number of rotatable bonds is 10. The average Bonchev–Trinajstić information content (AvgIpc) is 3.61. The fraction of sp³-hybridized carbons (Fsp3) is 0.357. The highest BCUT2D eigenvalue weighted by molar-refractivity contribution is 5.96. The van der Waals surface area contributed by atoms with Crippen molar-refractivity contribution < 1.29 is 23.5 Å². The second-order valence-corrected chi connectivity index (χ2v) is 8.72. The standard InChI is InChI=1S/C28H32N2O5/c1-33-23-15-14-21(19-25(23)34-2)26(27(31)29-22-11-6-7-12-22)30(28(32)24-13-8-18-35-24)17-16-20-9-4-3-5-10-20/h3-5,8-10,13-15,18-19,22,26H,6-7,11-12,16-17H2,1-2H3,(H,29,31). The number of carbonyl (C=O) groups is 2. The van der Waals surface area contributed by atoms with Crippen LogP contribution in [0.1, 0.15) is 53.4 Å². The topological polar surface area (TPSA) is 81.0 Å². The van der Waals surface area contributed by atoms with Gasteiger partial charge >= 0.3 is 0 Å². The predicted molar refractivity (Wildman–Crippen MR) is 133 cm³/mol. The van der Waals surface area contributed by atoms with E-state index in [-0.39, 0.29) is 23.6 Å². The van der Waals surface area contributed by atoms with Crippen molar-refractivity contribution in [3.05, 3.63) is 83.8 Å². The van der Waals surface area contributed by atoms with Crippen LogP contribution in [0.3, 0.4) is 0 Å². The first-order chi connectivity index (χ1) is 17.1. The van der Waals surface area contributed by atoms with E-state index in [1.165, 1.54) is 6.26 Å². The van der Waals surface area contributed by atoms with Crippen molar-refractivity contribution in [3.63, 3.8) is 0 Å². The summed E-state index contributed by atoms with van der Waals surface area (Å²) in [6.07, 6.45) is 6.13. The number of nitrogens with zero attached hydrogens (tertiary/aromatic N) is 1. The number of carbonyl (C=O) groups excluding carboxylic acids is 2. The Labute approximate surface area is 206 Å². The van der Waals surface area contributed by atoms with Crippen molar-refractivity contribution in [1.29, 1.82) is 0 Å². The van der Waals surface area contributed by atoms with E-state index in [0.717, 1.165) is 31.2 Å². The zero-order valence-electron chi connectivity index (χ0n) is 20.2. The summed E-state index contributed by atoms with van der Waals surface area (Å²) in [5, 5.41) is 3.19. The fourth-order valence-corrected chi connectivity index (χ4v) is 4.63. The molecule has 2 amide bonds. The lowest BCUT2D eigenvalue weighted by molar-refractivity contribution is -0.126. The molecular formula is C28H32N2O5. The maximum absolute atomic E-state index is 13.8. The van der Waals surface area contributed by atoms with Gasteiger partial charge in [0.05, 0.1) is 20.5 Å². The Morgan fingerprint density at radius 1 is 1.00 bits per heavy atom. The van der Waals surface area contributed by atoms with Gasteiger partial charge in [-0.15, -0.1) is 0 Å². The van der Waals surface area contributed by atoms with E-state index >= 15 is 0 Å². The maximum Gasteiger partial charge on any atom is 0.290 e. The molecule has 1 N–H and O–H groups in total. The molecule has 2 aromatic carbocycles. The van der Waals surface area contributed by atoms with Crippen LogP contribution in [-0.4, -0.2) is 43.5 Å². The molecule has 7 nitrogen and oxygen atoms in total. The molecule has 1 saturated carbocycles. The van der Waals surface area contributed by atoms with E-state index in [2.05, 4.69) is 5.32 Å². The molecule has 0 radical (unpaired) electrons. The van der Waals surface area contributed by atoms with Gasteiger partial charge in [0.1, 0.15) is 6.04 Å². The highest BCUT2D eigenvalue weighted by atomic mass is 16.5. The van der Waals surface area contributed by atoms with Crippen molar-refractivity contribution in [3.8, 4) is 11.5 Å². The van der Waals surface area contributed by atoms with Crippen LogP contribution >= 0.6 is 0 Å². The molecule has 1 fully saturated rings. The van der Waals surface area contributed by atoms with Crippen molar-refractivity contribution in [1.82, 2.24) is 10.2 Å². The van der Waals surface area contributed by atoms with Crippen molar-refractivity contribution in [2.24, 2.45) is 0 Å². The third kappa shape index (κ3) is 5.85. The summed E-state index contributed by atoms with van der Waals surface area (Å²) in [6, 6.07) is 17.8. The van der Waals surface area contributed by atoms with Crippen LogP contribution in [0.25, 0.3) is 0 Å². The first kappa shape index (κ1) is 24.4. The molecule has 1 aliphatic rings. The molecule has 0 saturated heterocycles. The summed E-state index contributed by atoms with van der Waals surface area (Å²) in [5.74, 6) is 0.693. The number of benzene rings is 2. The molecule has 0 bridgehead atoms. The monoisotopic (exact) mass is 476 g/mol. The minimum absolute atomic E-state index is 0.111. The fourth-order valence-electron chi connectivity index (χ4n) is 4.63. The van der Waals surface area contributed by atoms with Crippen LogP contribution in [0.4, 0.5) is 0 Å². The van der Waals surface area contributed by atoms with Crippen LogP contribution in [0.5, 0.6) is 11.5 Å². The molecule has 184 valence electrons. The summed E-state index contributed by atoms with van der Waals surface area (Å²) in [6.45, 7) is 0.334. The smallest absolute Gasteiger partial charge is 0.290 e. The lowest BCUT2D eigenvalue weighted by Gasteiger charge is -2.32. The molecule has 1 aliphatic carbocycles. The Morgan fingerprint density at radius 3 is 2.40 bits per heavy atom. The number of amides is 2. The maximum atomic E-state index is 13.8. The molecule has 1 heterocycles. The van der Waals surface area contributed by atoms with E-state index in [1.807, 2.05) is 36.4 Å². The molecule has 1 aromatic heterocycles. The second kappa shape index (κ2) is 11.6. The molecule has 1 unspecified atom stereocenters. The largest absolute Gasteiger partial charge is 0.493 e. The van der Waals surface area contributed by atoms with Gasteiger partial charge in [0.15, 0.2) is 17.3 Å². The van der Waals surface area contributed by atoms with Crippen LogP contribution in [0.2, 0.25) is 0 Å². The lowest BCUT2D eigenvalue weighted by Crippen LogP contribution is -2.46. The van der Waals surface area contributed by atoms with Crippen molar-refractivity contribution in [2.45, 2.75) is 44.2 Å². The highest BCUT2D eigenvalue weighted by Crippen LogP contribution is 2.33. The quantitative estimate of drug-likeness (QED) is 0.455. The Morgan fingerprint density at radius 2 is 1.74 bits per heavy atom. The molecule has 0 spiro atoms. The Balaban J connectivity index is 1.73. The second-order valence-electron chi connectivity index (χ2n) is 8.72. The zero-order chi connectivity index (χ0) is 24.6. The van der Waals surface area contributed by atoms with Crippen molar-refractivity contribution in [2.75, 3.05) is 20.8 Å². The molecule has 0 aliphatic heterocycles. The normalized spacial score (nSPS) is 14.3. The van der Waals surface area contributed by atoms with Gasteiger partial charge in [0, 0.05) is 12.6 Å². The van der Waals surface area contributed by atoms with Crippen LogP contribution < -0.4 is 14.8 Å². The predicted octanol–water partition coefficient (Wildman–Crippen LogP) is 4.78. The minimum Gasteiger partial charge on any atom is -0.493 e. The van der Waals surface area contributed by atoms with Gasteiger partial charge in [0.25, 0.3) is 5.91 Å². The molecule has 4 rings (SSSR count). The first-order valence-electron chi connectivity index (χ1n) is 12.0. The molecule has 3 aromatic rings. The highest BCUT2D eigenvalue weighted by Gasteiger charge is 2.35. The van der Waals surface area contributed by atoms with Crippen LogP contribution in [-0.2, 0) is 11.2 Å². The number of hydrogen-bond donors (Lipinski definition) is 1. The van der Waals surface area contributed by atoms with Gasteiger partial charge in [-0.3, -0.25) is 9.59 Å². The number of hydrogen-bond acceptors (Lipinski definition) is 5. The lowest BCUT2D eigenvalue weighted by atomic mass is 10.0. The average molecular weight is 477 g/mol. The van der Waals surface area contributed by atoms with Crippen LogP contribution in [0.15, 0.2) is 71.3 Å². The first-order valence-corrected chi connectivity index (χ1v) is 12.0. The van der Waals surface area contributed by atoms with Gasteiger partial charge in [-0.05, 0) is 54.7 Å². The van der Waals surface area contributed by atoms with Gasteiger partial charge in [-0.2, -0.15) is 0 Å². The minimum atomic E-state index is -0.864. The molecule has 35 heavy (non-hydrogen) atoms. The Hall–Kier alpha value is -3.74. The van der Waals surface area contributed by atoms with Crippen molar-refractivity contribution >= 4 is 11.8 Å². The summed E-state index contributed by atoms with van der Waals surface area (Å²) in [4.78, 5) is 29.0. The van der Waals surface area contributed by atoms with Gasteiger partial charge in [-0.25, -0.2) is 0 Å². The van der Waals surface area contributed by atoms with Gasteiger partial charge in [-0.1, -0.05) is 49.2 Å². The van der Waals surface area contributed by atoms with E-state index in [9.17, 15) is 9.59 Å². The number of methoxy groups -OCH3 is 2. The van der Waals surface area contributed by atoms with Crippen LogP contribution in [0, 0.1) is 0 Å². The summed E-state index contributed by atoms with van der Waals surface area (Å²) in [7, 11) is 3.12.